The van der Waals surface area contributed by atoms with Crippen LogP contribution in [0.5, 0.6) is 0 Å². The number of nitrogens with zero attached hydrogens (tertiary/aromatic N) is 1. The molecule has 0 saturated heterocycles. The minimum Gasteiger partial charge on any atom is -0.465 e. The maximum Gasteiger partial charge on any atom is 0.339 e. The molecule has 2 aromatic rings. The third kappa shape index (κ3) is 2.01. The molecule has 4 heteroatoms. The van der Waals surface area contributed by atoms with Crippen LogP contribution in [0.4, 0.5) is 5.69 Å². The number of aromatic nitrogens is 1. The zero-order chi connectivity index (χ0) is 12.4. The average molecular weight is 230 g/mol. The van der Waals surface area contributed by atoms with Crippen LogP contribution in [0.25, 0.3) is 11.3 Å². The molecule has 2 N–H and O–H groups in total. The summed E-state index contributed by atoms with van der Waals surface area (Å²) in [4.78, 5) is 11.4. The number of rotatable bonds is 2. The van der Waals surface area contributed by atoms with Gasteiger partial charge >= 0.3 is 5.97 Å². The number of carbonyl (C=O) groups excluding carboxylic acids is 1. The number of nitrogens with two attached hydrogens (primary N) is 1. The summed E-state index contributed by atoms with van der Waals surface area (Å²) >= 11 is 0. The van der Waals surface area contributed by atoms with Gasteiger partial charge in [0.15, 0.2) is 0 Å². The van der Waals surface area contributed by atoms with E-state index < -0.39 is 5.97 Å². The zero-order valence-electron chi connectivity index (χ0n) is 9.81. The van der Waals surface area contributed by atoms with Crippen LogP contribution in [-0.4, -0.2) is 17.6 Å². The van der Waals surface area contributed by atoms with Gasteiger partial charge in [-0.15, -0.1) is 0 Å². The molecule has 0 bridgehead atoms. The van der Waals surface area contributed by atoms with Gasteiger partial charge in [0.1, 0.15) is 0 Å². The molecule has 1 aromatic heterocycles. The van der Waals surface area contributed by atoms with E-state index in [0.717, 1.165) is 11.3 Å². The SMILES string of the molecule is COC(=O)c1ccc(-c2cccn2C)cc1N. The fourth-order valence-corrected chi connectivity index (χ4v) is 1.78. The molecule has 0 atom stereocenters. The van der Waals surface area contributed by atoms with E-state index in [4.69, 9.17) is 5.73 Å². The summed E-state index contributed by atoms with van der Waals surface area (Å²) in [6.07, 6.45) is 1.96. The van der Waals surface area contributed by atoms with Crippen LogP contribution in [0, 0.1) is 0 Å². The van der Waals surface area contributed by atoms with Gasteiger partial charge in [-0.25, -0.2) is 4.79 Å². The van der Waals surface area contributed by atoms with E-state index in [9.17, 15) is 4.79 Å². The molecule has 0 fully saturated rings. The summed E-state index contributed by atoms with van der Waals surface area (Å²) in [5.74, 6) is -0.416. The third-order valence-corrected chi connectivity index (χ3v) is 2.70. The Bertz CT molecular complexity index is 558. The molecule has 0 aliphatic heterocycles. The highest BCUT2D eigenvalue weighted by molar-refractivity contribution is 5.96. The molecule has 0 aliphatic rings. The lowest BCUT2D eigenvalue weighted by Gasteiger charge is -2.07. The predicted molar refractivity (Wildman–Crippen MR) is 66.6 cm³/mol. The quantitative estimate of drug-likeness (QED) is 0.634. The second kappa shape index (κ2) is 4.33. The van der Waals surface area contributed by atoms with Crippen molar-refractivity contribution in [2.24, 2.45) is 7.05 Å². The van der Waals surface area contributed by atoms with Crippen molar-refractivity contribution in [3.63, 3.8) is 0 Å². The van der Waals surface area contributed by atoms with Crippen LogP contribution >= 0.6 is 0 Å². The van der Waals surface area contributed by atoms with Crippen molar-refractivity contribution < 1.29 is 9.53 Å². The van der Waals surface area contributed by atoms with Gasteiger partial charge in [0.25, 0.3) is 0 Å². The molecule has 0 aliphatic carbocycles. The summed E-state index contributed by atoms with van der Waals surface area (Å²) < 4.78 is 6.64. The number of esters is 1. The second-order valence-electron chi connectivity index (χ2n) is 3.80. The molecule has 0 radical (unpaired) electrons. The predicted octanol–water partition coefficient (Wildman–Crippen LogP) is 2.06. The Kier molecular flexibility index (Phi) is 2.87. The molecule has 0 unspecified atom stereocenters. The first-order chi connectivity index (χ1) is 8.13. The molecule has 0 spiro atoms. The van der Waals surface area contributed by atoms with Gasteiger partial charge in [-0.2, -0.15) is 0 Å². The third-order valence-electron chi connectivity index (χ3n) is 2.70. The summed E-state index contributed by atoms with van der Waals surface area (Å²) in [6.45, 7) is 0. The number of ether oxygens (including phenoxy) is 1. The Labute approximate surface area is 99.6 Å². The second-order valence-corrected chi connectivity index (χ2v) is 3.80. The van der Waals surface area contributed by atoms with E-state index in [1.54, 1.807) is 12.1 Å². The molecule has 2 rings (SSSR count). The first-order valence-electron chi connectivity index (χ1n) is 5.23. The number of methoxy groups -OCH3 is 1. The van der Waals surface area contributed by atoms with E-state index >= 15 is 0 Å². The van der Waals surface area contributed by atoms with Crippen LogP contribution < -0.4 is 5.73 Å². The smallest absolute Gasteiger partial charge is 0.339 e. The van der Waals surface area contributed by atoms with Crippen LogP contribution in [0.3, 0.4) is 0 Å². The monoisotopic (exact) mass is 230 g/mol. The normalized spacial score (nSPS) is 10.2. The van der Waals surface area contributed by atoms with Crippen LogP contribution in [0.1, 0.15) is 10.4 Å². The number of benzene rings is 1. The van der Waals surface area contributed by atoms with E-state index in [-0.39, 0.29) is 0 Å². The maximum atomic E-state index is 11.4. The highest BCUT2D eigenvalue weighted by atomic mass is 16.5. The minimum atomic E-state index is -0.416. The van der Waals surface area contributed by atoms with Gasteiger partial charge in [0, 0.05) is 30.2 Å². The molecular formula is C13H14N2O2. The highest BCUT2D eigenvalue weighted by Crippen LogP contribution is 2.24. The number of hydrogen-bond donors (Lipinski definition) is 1. The van der Waals surface area contributed by atoms with Gasteiger partial charge in [-0.1, -0.05) is 6.07 Å². The van der Waals surface area contributed by atoms with Crippen molar-refractivity contribution >= 4 is 11.7 Å². The molecule has 1 aromatic carbocycles. The minimum absolute atomic E-state index is 0.394. The fourth-order valence-electron chi connectivity index (χ4n) is 1.78. The van der Waals surface area contributed by atoms with Gasteiger partial charge in [0.2, 0.25) is 0 Å². The van der Waals surface area contributed by atoms with Gasteiger partial charge < -0.3 is 15.0 Å². The molecular weight excluding hydrogens is 216 g/mol. The van der Waals surface area contributed by atoms with E-state index in [2.05, 4.69) is 4.74 Å². The number of hydrogen-bond acceptors (Lipinski definition) is 3. The maximum absolute atomic E-state index is 11.4. The molecule has 4 nitrogen and oxygen atoms in total. The van der Waals surface area contributed by atoms with Gasteiger partial charge in [0.05, 0.1) is 12.7 Å². The number of nitrogen functional groups attached to an aromatic ring is 1. The van der Waals surface area contributed by atoms with Crippen molar-refractivity contribution in [2.45, 2.75) is 0 Å². The Morgan fingerprint density at radius 1 is 1.35 bits per heavy atom. The lowest BCUT2D eigenvalue weighted by atomic mass is 10.1. The van der Waals surface area contributed by atoms with Gasteiger partial charge in [-0.05, 0) is 24.3 Å². The Morgan fingerprint density at radius 2 is 2.12 bits per heavy atom. The highest BCUT2D eigenvalue weighted by Gasteiger charge is 2.11. The molecule has 88 valence electrons. The van der Waals surface area contributed by atoms with Crippen molar-refractivity contribution in [2.75, 3.05) is 12.8 Å². The Morgan fingerprint density at radius 3 is 2.65 bits per heavy atom. The van der Waals surface area contributed by atoms with Crippen LogP contribution in [0.15, 0.2) is 36.5 Å². The number of anilines is 1. The molecule has 0 amide bonds. The zero-order valence-corrected chi connectivity index (χ0v) is 9.81. The summed E-state index contributed by atoms with van der Waals surface area (Å²) in [5, 5.41) is 0. The van der Waals surface area contributed by atoms with E-state index in [0.29, 0.717) is 11.3 Å². The van der Waals surface area contributed by atoms with Crippen molar-refractivity contribution in [3.05, 3.63) is 42.1 Å². The van der Waals surface area contributed by atoms with Crippen LogP contribution in [-0.2, 0) is 11.8 Å². The first kappa shape index (κ1) is 11.3. The largest absolute Gasteiger partial charge is 0.465 e. The molecule has 1 heterocycles. The van der Waals surface area contributed by atoms with Gasteiger partial charge in [-0.3, -0.25) is 0 Å². The summed E-state index contributed by atoms with van der Waals surface area (Å²) in [5.41, 5.74) is 8.69. The Balaban J connectivity index is 2.44. The van der Waals surface area contributed by atoms with Crippen molar-refractivity contribution in [1.82, 2.24) is 4.57 Å². The van der Waals surface area contributed by atoms with Crippen molar-refractivity contribution in [1.29, 1.82) is 0 Å². The van der Waals surface area contributed by atoms with Crippen molar-refractivity contribution in [3.8, 4) is 11.3 Å². The topological polar surface area (TPSA) is 57.2 Å². The number of aryl methyl sites for hydroxylation is 1. The average Bonchev–Trinajstić information content (AvgIpc) is 2.74. The summed E-state index contributed by atoms with van der Waals surface area (Å²) in [7, 11) is 3.30. The fraction of sp³-hybridized carbons (Fsp3) is 0.154. The standard InChI is InChI=1S/C13H14N2O2/c1-15-7-3-4-12(15)9-5-6-10(11(14)8-9)13(16)17-2/h3-8H,14H2,1-2H3. The molecule has 0 saturated carbocycles. The Hall–Kier alpha value is -2.23. The van der Waals surface area contributed by atoms with Crippen LogP contribution in [0.2, 0.25) is 0 Å². The first-order valence-corrected chi connectivity index (χ1v) is 5.23. The van der Waals surface area contributed by atoms with E-state index in [1.165, 1.54) is 7.11 Å². The summed E-state index contributed by atoms with van der Waals surface area (Å²) in [6, 6.07) is 9.27. The van der Waals surface area contributed by atoms with E-state index in [1.807, 2.05) is 36.0 Å². The lowest BCUT2D eigenvalue weighted by molar-refractivity contribution is 0.0602. The molecule has 17 heavy (non-hydrogen) atoms. The lowest BCUT2D eigenvalue weighted by Crippen LogP contribution is -2.05. The number of carbonyl (C=O) groups is 1.